The van der Waals surface area contributed by atoms with Crippen LogP contribution in [0.25, 0.3) is 11.1 Å². The van der Waals surface area contributed by atoms with Gasteiger partial charge in [0.15, 0.2) is 0 Å². The van der Waals surface area contributed by atoms with Gasteiger partial charge in [-0.15, -0.1) is 0 Å². The summed E-state index contributed by atoms with van der Waals surface area (Å²) in [7, 11) is 1.72. The van der Waals surface area contributed by atoms with Gasteiger partial charge in [-0.05, 0) is 40.8 Å². The van der Waals surface area contributed by atoms with Crippen molar-refractivity contribution in [1.29, 1.82) is 0 Å². The lowest BCUT2D eigenvalue weighted by Crippen LogP contribution is -1.94. The zero-order chi connectivity index (χ0) is 12.3. The molecule has 0 aliphatic carbocycles. The molecule has 1 heterocycles. The fraction of sp³-hybridized carbons (Fsp3) is 0.267. The van der Waals surface area contributed by atoms with Gasteiger partial charge in [0.2, 0.25) is 0 Å². The topological polar surface area (TPSA) is 22.1 Å². The molecule has 2 nitrogen and oxygen atoms in total. The van der Waals surface area contributed by atoms with Gasteiger partial charge < -0.3 is 4.74 Å². The van der Waals surface area contributed by atoms with Crippen molar-refractivity contribution in [2.24, 2.45) is 0 Å². The van der Waals surface area contributed by atoms with Gasteiger partial charge in [-0.1, -0.05) is 26.0 Å². The molecule has 0 radical (unpaired) electrons. The van der Waals surface area contributed by atoms with Gasteiger partial charge in [0.25, 0.3) is 0 Å². The average molecular weight is 227 g/mol. The van der Waals surface area contributed by atoms with Crippen LogP contribution in [0, 0.1) is 0 Å². The Morgan fingerprint density at radius 2 is 1.71 bits per heavy atom. The van der Waals surface area contributed by atoms with Crippen LogP contribution in [0.3, 0.4) is 0 Å². The van der Waals surface area contributed by atoms with E-state index in [1.54, 1.807) is 19.5 Å². The highest BCUT2D eigenvalue weighted by atomic mass is 16.5. The van der Waals surface area contributed by atoms with Crippen LogP contribution in [-0.2, 0) is 0 Å². The molecule has 2 rings (SSSR count). The van der Waals surface area contributed by atoms with Crippen molar-refractivity contribution in [2.75, 3.05) is 7.11 Å². The van der Waals surface area contributed by atoms with Crippen molar-refractivity contribution in [3.05, 3.63) is 48.3 Å². The zero-order valence-electron chi connectivity index (χ0n) is 10.5. The summed E-state index contributed by atoms with van der Waals surface area (Å²) in [5, 5.41) is 0. The lowest BCUT2D eigenvalue weighted by atomic mass is 9.98. The molecule has 0 saturated heterocycles. The summed E-state index contributed by atoms with van der Waals surface area (Å²) >= 11 is 0. The second kappa shape index (κ2) is 5.00. The van der Waals surface area contributed by atoms with Crippen molar-refractivity contribution in [3.8, 4) is 16.9 Å². The predicted octanol–water partition coefficient (Wildman–Crippen LogP) is 3.88. The van der Waals surface area contributed by atoms with Gasteiger partial charge in [0.05, 0.1) is 7.11 Å². The standard InChI is InChI=1S/C15H17NO/c1-11(2)14-5-4-13(10-15(14)17-3)12-6-8-16-9-7-12/h4-11H,1-3H3. The fourth-order valence-electron chi connectivity index (χ4n) is 1.91. The Balaban J connectivity index is 2.45. The predicted molar refractivity (Wildman–Crippen MR) is 70.3 cm³/mol. The Kier molecular flexibility index (Phi) is 3.43. The first kappa shape index (κ1) is 11.6. The molecule has 0 fully saturated rings. The SMILES string of the molecule is COc1cc(-c2ccncc2)ccc1C(C)C. The van der Waals surface area contributed by atoms with Crippen LogP contribution in [0.1, 0.15) is 25.3 Å². The molecule has 0 atom stereocenters. The lowest BCUT2D eigenvalue weighted by molar-refractivity contribution is 0.408. The molecule has 2 heteroatoms. The summed E-state index contributed by atoms with van der Waals surface area (Å²) < 4.78 is 5.45. The van der Waals surface area contributed by atoms with E-state index in [9.17, 15) is 0 Å². The molecule has 1 aromatic heterocycles. The largest absolute Gasteiger partial charge is 0.496 e. The van der Waals surface area contributed by atoms with E-state index in [4.69, 9.17) is 4.74 Å². The van der Waals surface area contributed by atoms with Gasteiger partial charge in [-0.2, -0.15) is 0 Å². The van der Waals surface area contributed by atoms with Crippen molar-refractivity contribution >= 4 is 0 Å². The molecule has 0 aliphatic heterocycles. The Morgan fingerprint density at radius 1 is 1.00 bits per heavy atom. The minimum Gasteiger partial charge on any atom is -0.496 e. The van der Waals surface area contributed by atoms with E-state index in [0.717, 1.165) is 16.9 Å². The van der Waals surface area contributed by atoms with Gasteiger partial charge >= 0.3 is 0 Å². The van der Waals surface area contributed by atoms with E-state index < -0.39 is 0 Å². The molecule has 2 aromatic rings. The number of hydrogen-bond acceptors (Lipinski definition) is 2. The number of pyridine rings is 1. The molecule has 0 spiro atoms. The van der Waals surface area contributed by atoms with Crippen LogP contribution in [-0.4, -0.2) is 12.1 Å². The molecule has 0 unspecified atom stereocenters. The number of hydrogen-bond donors (Lipinski definition) is 0. The summed E-state index contributed by atoms with van der Waals surface area (Å²) in [5.41, 5.74) is 3.56. The molecular formula is C15H17NO. The highest BCUT2D eigenvalue weighted by molar-refractivity contribution is 5.65. The van der Waals surface area contributed by atoms with Crippen LogP contribution < -0.4 is 4.74 Å². The summed E-state index contributed by atoms with van der Waals surface area (Å²) in [6, 6.07) is 10.4. The molecule has 0 N–H and O–H groups in total. The first-order valence-corrected chi connectivity index (χ1v) is 5.80. The van der Waals surface area contributed by atoms with E-state index in [1.807, 2.05) is 12.1 Å². The van der Waals surface area contributed by atoms with E-state index in [1.165, 1.54) is 5.56 Å². The summed E-state index contributed by atoms with van der Waals surface area (Å²) in [5.74, 6) is 1.42. The summed E-state index contributed by atoms with van der Waals surface area (Å²) in [6.45, 7) is 4.34. The van der Waals surface area contributed by atoms with Crippen molar-refractivity contribution in [1.82, 2.24) is 4.98 Å². The molecule has 0 aliphatic rings. The number of rotatable bonds is 3. The molecular weight excluding hydrogens is 210 g/mol. The van der Waals surface area contributed by atoms with Gasteiger partial charge in [-0.3, -0.25) is 4.98 Å². The Morgan fingerprint density at radius 3 is 2.29 bits per heavy atom. The van der Waals surface area contributed by atoms with Crippen LogP contribution in [0.15, 0.2) is 42.7 Å². The lowest BCUT2D eigenvalue weighted by Gasteiger charge is -2.13. The molecule has 88 valence electrons. The molecule has 17 heavy (non-hydrogen) atoms. The zero-order valence-corrected chi connectivity index (χ0v) is 10.5. The van der Waals surface area contributed by atoms with E-state index >= 15 is 0 Å². The number of nitrogens with zero attached hydrogens (tertiary/aromatic N) is 1. The minimum absolute atomic E-state index is 0.469. The number of methoxy groups -OCH3 is 1. The van der Waals surface area contributed by atoms with Crippen LogP contribution in [0.5, 0.6) is 5.75 Å². The normalized spacial score (nSPS) is 10.6. The first-order valence-electron chi connectivity index (χ1n) is 5.80. The third-order valence-corrected chi connectivity index (χ3v) is 2.87. The fourth-order valence-corrected chi connectivity index (χ4v) is 1.91. The van der Waals surface area contributed by atoms with Gasteiger partial charge in [0.1, 0.15) is 5.75 Å². The Bertz CT molecular complexity index is 492. The third kappa shape index (κ3) is 2.47. The van der Waals surface area contributed by atoms with E-state index in [-0.39, 0.29) is 0 Å². The maximum Gasteiger partial charge on any atom is 0.122 e. The Hall–Kier alpha value is -1.83. The van der Waals surface area contributed by atoms with Crippen molar-refractivity contribution in [3.63, 3.8) is 0 Å². The second-order valence-corrected chi connectivity index (χ2v) is 4.35. The second-order valence-electron chi connectivity index (χ2n) is 4.35. The van der Waals surface area contributed by atoms with Crippen molar-refractivity contribution in [2.45, 2.75) is 19.8 Å². The minimum atomic E-state index is 0.469. The number of ether oxygens (including phenoxy) is 1. The smallest absolute Gasteiger partial charge is 0.122 e. The molecule has 0 saturated carbocycles. The summed E-state index contributed by atoms with van der Waals surface area (Å²) in [6.07, 6.45) is 3.61. The maximum atomic E-state index is 5.45. The van der Waals surface area contributed by atoms with Crippen molar-refractivity contribution < 1.29 is 4.74 Å². The number of benzene rings is 1. The van der Waals surface area contributed by atoms with Gasteiger partial charge in [0, 0.05) is 12.4 Å². The van der Waals surface area contributed by atoms with Gasteiger partial charge in [-0.25, -0.2) is 0 Å². The third-order valence-electron chi connectivity index (χ3n) is 2.87. The summed E-state index contributed by atoms with van der Waals surface area (Å²) in [4.78, 5) is 4.03. The molecule has 1 aromatic carbocycles. The Labute approximate surface area is 102 Å². The van der Waals surface area contributed by atoms with E-state index in [2.05, 4.69) is 37.0 Å². The molecule has 0 amide bonds. The monoisotopic (exact) mass is 227 g/mol. The van der Waals surface area contributed by atoms with Crippen LogP contribution >= 0.6 is 0 Å². The van der Waals surface area contributed by atoms with E-state index in [0.29, 0.717) is 5.92 Å². The maximum absolute atomic E-state index is 5.45. The molecule has 0 bridgehead atoms. The van der Waals surface area contributed by atoms with Crippen LogP contribution in [0.4, 0.5) is 0 Å². The first-order chi connectivity index (χ1) is 8.22. The quantitative estimate of drug-likeness (QED) is 0.793. The highest BCUT2D eigenvalue weighted by Crippen LogP contribution is 2.31. The number of aromatic nitrogens is 1. The average Bonchev–Trinajstić information content (AvgIpc) is 2.39. The highest BCUT2D eigenvalue weighted by Gasteiger charge is 2.08. The van der Waals surface area contributed by atoms with Crippen LogP contribution in [0.2, 0.25) is 0 Å².